The van der Waals surface area contributed by atoms with E-state index in [0.717, 1.165) is 12.1 Å². The highest BCUT2D eigenvalue weighted by molar-refractivity contribution is 7.87. The van der Waals surface area contributed by atoms with E-state index in [0.29, 0.717) is 10.9 Å². The number of fused-ring (bicyclic) bond motifs is 1. The zero-order valence-corrected chi connectivity index (χ0v) is 13.9. The predicted molar refractivity (Wildman–Crippen MR) is 84.1 cm³/mol. The summed E-state index contributed by atoms with van der Waals surface area (Å²) in [5, 5.41) is 11.2. The number of furan rings is 1. The molecule has 0 atom stereocenters. The second kappa shape index (κ2) is 6.38. The number of hydrogen-bond acceptors (Lipinski definition) is 6. The monoisotopic (exact) mass is 383 g/mol. The first kappa shape index (κ1) is 17.2. The molecule has 0 saturated carbocycles. The minimum atomic E-state index is -4.42. The number of carboxylic acid groups (broad SMARTS) is 1. The summed E-state index contributed by atoms with van der Waals surface area (Å²) in [5.74, 6) is -2.43. The molecular formula is C16H9ClFO6S-. The van der Waals surface area contributed by atoms with Gasteiger partial charge >= 0.3 is 10.1 Å². The van der Waals surface area contributed by atoms with Crippen molar-refractivity contribution < 1.29 is 31.3 Å². The van der Waals surface area contributed by atoms with E-state index < -0.39 is 26.8 Å². The van der Waals surface area contributed by atoms with Crippen LogP contribution in [0.3, 0.4) is 0 Å². The van der Waals surface area contributed by atoms with Crippen LogP contribution in [-0.2, 0) is 21.3 Å². The van der Waals surface area contributed by atoms with E-state index in [1.54, 1.807) is 0 Å². The van der Waals surface area contributed by atoms with Gasteiger partial charge in [-0.3, -0.25) is 0 Å². The second-order valence-corrected chi connectivity index (χ2v) is 7.03. The van der Waals surface area contributed by atoms with E-state index in [-0.39, 0.29) is 22.8 Å². The van der Waals surface area contributed by atoms with Gasteiger partial charge in [-0.05, 0) is 30.3 Å². The van der Waals surface area contributed by atoms with Crippen LogP contribution in [-0.4, -0.2) is 14.4 Å². The van der Waals surface area contributed by atoms with Crippen molar-refractivity contribution in [3.63, 3.8) is 0 Å². The average molecular weight is 384 g/mol. The van der Waals surface area contributed by atoms with Crippen molar-refractivity contribution in [2.24, 2.45) is 0 Å². The molecule has 0 unspecified atom stereocenters. The molecule has 0 fully saturated rings. The quantitative estimate of drug-likeness (QED) is 0.627. The Hall–Kier alpha value is -2.58. The lowest BCUT2D eigenvalue weighted by Crippen LogP contribution is -2.24. The SMILES string of the molecule is O=C([O-])Cc1coc2cc(OS(=O)(=O)c3ccc(Cl)cc3F)ccc12. The van der Waals surface area contributed by atoms with Crippen molar-refractivity contribution >= 4 is 38.7 Å². The van der Waals surface area contributed by atoms with Gasteiger partial charge in [0.05, 0.1) is 6.26 Å². The van der Waals surface area contributed by atoms with E-state index in [1.807, 2.05) is 0 Å². The van der Waals surface area contributed by atoms with E-state index in [1.165, 1.54) is 30.5 Å². The second-order valence-electron chi connectivity index (χ2n) is 5.08. The zero-order valence-electron chi connectivity index (χ0n) is 12.4. The Balaban J connectivity index is 1.93. The molecule has 6 nitrogen and oxygen atoms in total. The summed E-state index contributed by atoms with van der Waals surface area (Å²) in [6.07, 6.45) is 0.888. The maximum Gasteiger partial charge on any atom is 0.342 e. The third-order valence-corrected chi connectivity index (χ3v) is 4.85. The van der Waals surface area contributed by atoms with Gasteiger partial charge < -0.3 is 18.5 Å². The highest BCUT2D eigenvalue weighted by Crippen LogP contribution is 2.28. The van der Waals surface area contributed by atoms with Crippen LogP contribution in [0.2, 0.25) is 5.02 Å². The number of halogens is 2. The number of carboxylic acids is 1. The summed E-state index contributed by atoms with van der Waals surface area (Å²) in [6.45, 7) is 0. The molecule has 130 valence electrons. The average Bonchev–Trinajstić information content (AvgIpc) is 2.88. The number of rotatable bonds is 5. The van der Waals surface area contributed by atoms with Gasteiger partial charge in [-0.2, -0.15) is 8.42 Å². The van der Waals surface area contributed by atoms with Crippen LogP contribution in [0.15, 0.2) is 52.0 Å². The van der Waals surface area contributed by atoms with Crippen LogP contribution in [0.25, 0.3) is 11.0 Å². The van der Waals surface area contributed by atoms with Gasteiger partial charge in [0.25, 0.3) is 0 Å². The molecule has 0 aliphatic rings. The molecule has 0 saturated heterocycles. The van der Waals surface area contributed by atoms with Crippen LogP contribution in [0.1, 0.15) is 5.56 Å². The fourth-order valence-electron chi connectivity index (χ4n) is 2.26. The van der Waals surface area contributed by atoms with Gasteiger partial charge in [-0.1, -0.05) is 11.6 Å². The zero-order chi connectivity index (χ0) is 18.2. The topological polar surface area (TPSA) is 96.6 Å². The number of aliphatic carboxylic acids is 1. The molecule has 1 heterocycles. The predicted octanol–water partition coefficient (Wildman–Crippen LogP) is 2.29. The molecule has 1 aromatic heterocycles. The summed E-state index contributed by atoms with van der Waals surface area (Å²) in [4.78, 5) is 10.0. The summed E-state index contributed by atoms with van der Waals surface area (Å²) < 4.78 is 48.3. The molecule has 0 bridgehead atoms. The Labute approximate surface area is 146 Å². The van der Waals surface area contributed by atoms with Crippen LogP contribution in [0, 0.1) is 5.82 Å². The minimum Gasteiger partial charge on any atom is -0.550 e. The Morgan fingerprint density at radius 1 is 1.24 bits per heavy atom. The fourth-order valence-corrected chi connectivity index (χ4v) is 3.40. The molecule has 3 aromatic rings. The summed E-state index contributed by atoms with van der Waals surface area (Å²) in [5.41, 5.74) is 0.605. The normalized spacial score (nSPS) is 11.6. The Morgan fingerprint density at radius 3 is 2.68 bits per heavy atom. The maximum atomic E-state index is 13.8. The molecule has 25 heavy (non-hydrogen) atoms. The van der Waals surface area contributed by atoms with E-state index >= 15 is 0 Å². The van der Waals surface area contributed by atoms with Crippen LogP contribution < -0.4 is 9.29 Å². The number of carbonyl (C=O) groups excluding carboxylic acids is 1. The molecule has 0 spiro atoms. The lowest BCUT2D eigenvalue weighted by Gasteiger charge is -2.08. The first-order valence-corrected chi connectivity index (χ1v) is 8.64. The molecule has 0 amide bonds. The molecule has 3 rings (SSSR count). The standard InChI is InChI=1S/C16H10ClFO6S/c17-10-1-4-15(13(18)6-10)25(21,22)24-11-2-3-12-9(5-16(19)20)8-23-14(12)7-11/h1-4,6-8H,5H2,(H,19,20)/p-1. The molecule has 0 N–H and O–H groups in total. The molecule has 0 radical (unpaired) electrons. The van der Waals surface area contributed by atoms with Crippen molar-refractivity contribution in [3.8, 4) is 5.75 Å². The van der Waals surface area contributed by atoms with E-state index in [9.17, 15) is 22.7 Å². The highest BCUT2D eigenvalue weighted by atomic mass is 35.5. The minimum absolute atomic E-state index is 0.0499. The number of carbonyl (C=O) groups is 1. The first-order valence-electron chi connectivity index (χ1n) is 6.86. The van der Waals surface area contributed by atoms with Crippen LogP contribution in [0.5, 0.6) is 5.75 Å². The Bertz CT molecular complexity index is 1070. The van der Waals surface area contributed by atoms with E-state index in [4.69, 9.17) is 20.2 Å². The molecule has 9 heteroatoms. The molecule has 0 aliphatic heterocycles. The first-order chi connectivity index (χ1) is 11.8. The van der Waals surface area contributed by atoms with Gasteiger partial charge in [0.2, 0.25) is 0 Å². The maximum absolute atomic E-state index is 13.8. The van der Waals surface area contributed by atoms with Crippen LogP contribution in [0.4, 0.5) is 4.39 Å². The number of benzene rings is 2. The number of hydrogen-bond donors (Lipinski definition) is 0. The lowest BCUT2D eigenvalue weighted by molar-refractivity contribution is -0.304. The summed E-state index contributed by atoms with van der Waals surface area (Å²) in [6, 6.07) is 7.10. The van der Waals surface area contributed by atoms with Gasteiger partial charge in [0, 0.05) is 34.4 Å². The van der Waals surface area contributed by atoms with E-state index in [2.05, 4.69) is 0 Å². The van der Waals surface area contributed by atoms with Crippen molar-refractivity contribution in [2.45, 2.75) is 11.3 Å². The Morgan fingerprint density at radius 2 is 2.00 bits per heavy atom. The smallest absolute Gasteiger partial charge is 0.342 e. The van der Waals surface area contributed by atoms with Crippen molar-refractivity contribution in [3.05, 3.63) is 59.1 Å². The molecular weight excluding hydrogens is 375 g/mol. The van der Waals surface area contributed by atoms with Gasteiger partial charge in [-0.15, -0.1) is 0 Å². The van der Waals surface area contributed by atoms with Gasteiger partial charge in [0.1, 0.15) is 22.0 Å². The Kier molecular flexibility index (Phi) is 4.40. The highest BCUT2D eigenvalue weighted by Gasteiger charge is 2.22. The van der Waals surface area contributed by atoms with Crippen molar-refractivity contribution in [2.75, 3.05) is 0 Å². The summed E-state index contributed by atoms with van der Waals surface area (Å²) >= 11 is 5.60. The fraction of sp³-hybridized carbons (Fsp3) is 0.0625. The third-order valence-electron chi connectivity index (χ3n) is 3.33. The lowest BCUT2D eigenvalue weighted by atomic mass is 10.1. The molecule has 0 aliphatic carbocycles. The van der Waals surface area contributed by atoms with Crippen molar-refractivity contribution in [1.82, 2.24) is 0 Å². The van der Waals surface area contributed by atoms with Gasteiger partial charge in [-0.25, -0.2) is 4.39 Å². The molecule has 2 aromatic carbocycles. The van der Waals surface area contributed by atoms with Gasteiger partial charge in [0.15, 0.2) is 0 Å². The van der Waals surface area contributed by atoms with Crippen LogP contribution >= 0.6 is 11.6 Å². The summed E-state index contributed by atoms with van der Waals surface area (Å²) in [7, 11) is -4.42. The largest absolute Gasteiger partial charge is 0.550 e. The van der Waals surface area contributed by atoms with Crippen molar-refractivity contribution in [1.29, 1.82) is 0 Å². The third kappa shape index (κ3) is 3.59.